The minimum absolute atomic E-state index is 0.208. The Kier molecular flexibility index (Phi) is 6.73. The molecule has 1 heterocycles. The lowest BCUT2D eigenvalue weighted by Gasteiger charge is -2.18. The van der Waals surface area contributed by atoms with E-state index in [1.165, 1.54) is 26.2 Å². The first kappa shape index (κ1) is 19.1. The zero-order valence-electron chi connectivity index (χ0n) is 13.6. The highest BCUT2D eigenvalue weighted by Gasteiger charge is 2.23. The van der Waals surface area contributed by atoms with Gasteiger partial charge in [0.15, 0.2) is 12.2 Å². The van der Waals surface area contributed by atoms with Crippen LogP contribution in [-0.2, 0) is 20.9 Å². The molecule has 0 saturated carbocycles. The van der Waals surface area contributed by atoms with Gasteiger partial charge in [0.25, 0.3) is 5.91 Å². The Hall–Kier alpha value is -2.18. The molecular weight excluding hydrogens is 369 g/mol. The van der Waals surface area contributed by atoms with Crippen LogP contribution in [0.3, 0.4) is 0 Å². The summed E-state index contributed by atoms with van der Waals surface area (Å²) < 4.78 is 15.7. The van der Waals surface area contributed by atoms with Gasteiger partial charge in [-0.05, 0) is 44.2 Å². The third-order valence-corrected chi connectivity index (χ3v) is 3.74. The normalized spacial score (nSPS) is 13.0. The maximum absolute atomic E-state index is 12.1. The number of hydrogen-bond donors (Lipinski definition) is 1. The number of halogens is 2. The Balaban J connectivity index is 1.83. The average molecular weight is 386 g/mol. The van der Waals surface area contributed by atoms with Crippen LogP contribution in [0.1, 0.15) is 19.6 Å². The van der Waals surface area contributed by atoms with Gasteiger partial charge in [-0.15, -0.1) is 0 Å². The molecule has 2 atom stereocenters. The SMILES string of the molecule is C[C@H](OC(=O)[C@H](C)Oc1ccc(Cl)cc1Cl)C(=O)NCc1ccco1. The second-order valence-corrected chi connectivity index (χ2v) is 6.05. The summed E-state index contributed by atoms with van der Waals surface area (Å²) >= 11 is 11.8. The summed E-state index contributed by atoms with van der Waals surface area (Å²) in [6, 6.07) is 8.08. The van der Waals surface area contributed by atoms with E-state index in [9.17, 15) is 9.59 Å². The van der Waals surface area contributed by atoms with E-state index in [1.807, 2.05) is 0 Å². The van der Waals surface area contributed by atoms with Gasteiger partial charge in [-0.25, -0.2) is 4.79 Å². The van der Waals surface area contributed by atoms with E-state index in [0.29, 0.717) is 16.5 Å². The van der Waals surface area contributed by atoms with Gasteiger partial charge in [-0.2, -0.15) is 0 Å². The van der Waals surface area contributed by atoms with E-state index in [0.717, 1.165) is 0 Å². The molecule has 0 spiro atoms. The van der Waals surface area contributed by atoms with Crippen LogP contribution in [0.5, 0.6) is 5.75 Å². The number of nitrogens with one attached hydrogen (secondary N) is 1. The van der Waals surface area contributed by atoms with Crippen molar-refractivity contribution >= 4 is 35.1 Å². The van der Waals surface area contributed by atoms with Crippen LogP contribution in [0.2, 0.25) is 10.0 Å². The van der Waals surface area contributed by atoms with E-state index in [4.69, 9.17) is 37.1 Å². The fraction of sp³-hybridized carbons (Fsp3) is 0.294. The summed E-state index contributed by atoms with van der Waals surface area (Å²) in [6.45, 7) is 3.18. The Labute approximate surface area is 155 Å². The number of ether oxygens (including phenoxy) is 2. The maximum Gasteiger partial charge on any atom is 0.347 e. The molecule has 134 valence electrons. The predicted molar refractivity (Wildman–Crippen MR) is 92.7 cm³/mol. The van der Waals surface area contributed by atoms with E-state index >= 15 is 0 Å². The first-order chi connectivity index (χ1) is 11.9. The summed E-state index contributed by atoms with van der Waals surface area (Å²) in [5.41, 5.74) is 0. The summed E-state index contributed by atoms with van der Waals surface area (Å²) in [4.78, 5) is 24.0. The van der Waals surface area contributed by atoms with Crippen LogP contribution in [0, 0.1) is 0 Å². The van der Waals surface area contributed by atoms with Gasteiger partial charge in [0.1, 0.15) is 11.5 Å². The molecule has 0 fully saturated rings. The van der Waals surface area contributed by atoms with E-state index < -0.39 is 24.1 Å². The summed E-state index contributed by atoms with van der Waals surface area (Å²) in [6.07, 6.45) is -0.417. The van der Waals surface area contributed by atoms with Crippen molar-refractivity contribution in [3.05, 3.63) is 52.4 Å². The van der Waals surface area contributed by atoms with Gasteiger partial charge in [-0.1, -0.05) is 23.2 Å². The van der Waals surface area contributed by atoms with E-state index in [-0.39, 0.29) is 11.6 Å². The molecular formula is C17H17Cl2NO5. The first-order valence-electron chi connectivity index (χ1n) is 7.49. The van der Waals surface area contributed by atoms with Gasteiger partial charge >= 0.3 is 5.97 Å². The smallest absolute Gasteiger partial charge is 0.347 e. The molecule has 0 aliphatic carbocycles. The Morgan fingerprint density at radius 3 is 2.60 bits per heavy atom. The molecule has 25 heavy (non-hydrogen) atoms. The molecule has 0 unspecified atom stereocenters. The largest absolute Gasteiger partial charge is 0.477 e. The lowest BCUT2D eigenvalue weighted by Crippen LogP contribution is -2.38. The van der Waals surface area contributed by atoms with Crippen molar-refractivity contribution in [1.82, 2.24) is 5.32 Å². The Bertz CT molecular complexity index is 733. The van der Waals surface area contributed by atoms with Gasteiger partial charge < -0.3 is 19.2 Å². The molecule has 0 radical (unpaired) electrons. The number of furan rings is 1. The number of benzene rings is 1. The molecule has 2 aromatic rings. The standard InChI is InChI=1S/C17H17Cl2NO5/c1-10(16(21)20-9-13-4-3-7-23-13)25-17(22)11(2)24-15-6-5-12(18)8-14(15)19/h3-8,10-11H,9H2,1-2H3,(H,20,21)/t10-,11-/m0/s1. The highest BCUT2D eigenvalue weighted by Crippen LogP contribution is 2.28. The lowest BCUT2D eigenvalue weighted by atomic mass is 10.3. The lowest BCUT2D eigenvalue weighted by molar-refractivity contribution is -0.160. The zero-order chi connectivity index (χ0) is 18.4. The van der Waals surface area contributed by atoms with E-state index in [2.05, 4.69) is 5.32 Å². The van der Waals surface area contributed by atoms with Crippen LogP contribution in [0.15, 0.2) is 41.0 Å². The van der Waals surface area contributed by atoms with Crippen molar-refractivity contribution in [2.75, 3.05) is 0 Å². The van der Waals surface area contributed by atoms with Gasteiger partial charge in [0.05, 0.1) is 17.8 Å². The molecule has 0 aliphatic rings. The third kappa shape index (κ3) is 5.69. The van der Waals surface area contributed by atoms with Gasteiger partial charge in [0.2, 0.25) is 0 Å². The molecule has 1 amide bonds. The highest BCUT2D eigenvalue weighted by molar-refractivity contribution is 6.35. The first-order valence-corrected chi connectivity index (χ1v) is 8.24. The number of hydrogen-bond acceptors (Lipinski definition) is 5. The van der Waals surface area contributed by atoms with Crippen LogP contribution >= 0.6 is 23.2 Å². The van der Waals surface area contributed by atoms with Crippen molar-refractivity contribution in [2.24, 2.45) is 0 Å². The summed E-state index contributed by atoms with van der Waals surface area (Å²) in [5, 5.41) is 3.34. The quantitative estimate of drug-likeness (QED) is 0.736. The van der Waals surface area contributed by atoms with Gasteiger partial charge in [-0.3, -0.25) is 4.79 Å². The summed E-state index contributed by atoms with van der Waals surface area (Å²) in [7, 11) is 0. The minimum Gasteiger partial charge on any atom is -0.477 e. The molecule has 1 aromatic carbocycles. The molecule has 0 saturated heterocycles. The average Bonchev–Trinajstić information content (AvgIpc) is 3.08. The fourth-order valence-electron chi connectivity index (χ4n) is 1.86. The van der Waals surface area contributed by atoms with Crippen LogP contribution in [0.4, 0.5) is 0 Å². The topological polar surface area (TPSA) is 77.8 Å². The third-order valence-electron chi connectivity index (χ3n) is 3.21. The predicted octanol–water partition coefficient (Wildman–Crippen LogP) is 3.60. The molecule has 8 heteroatoms. The van der Waals surface area contributed by atoms with Crippen LogP contribution < -0.4 is 10.1 Å². The second-order valence-electron chi connectivity index (χ2n) is 5.21. The minimum atomic E-state index is -0.978. The molecule has 0 bridgehead atoms. The number of rotatable bonds is 7. The Morgan fingerprint density at radius 2 is 1.96 bits per heavy atom. The van der Waals surface area contributed by atoms with Crippen LogP contribution in [-0.4, -0.2) is 24.1 Å². The number of esters is 1. The monoisotopic (exact) mass is 385 g/mol. The number of amides is 1. The van der Waals surface area contributed by atoms with E-state index in [1.54, 1.807) is 24.3 Å². The van der Waals surface area contributed by atoms with Gasteiger partial charge in [0, 0.05) is 5.02 Å². The molecule has 1 N–H and O–H groups in total. The van der Waals surface area contributed by atoms with Crippen LogP contribution in [0.25, 0.3) is 0 Å². The van der Waals surface area contributed by atoms with Crippen molar-refractivity contribution in [3.63, 3.8) is 0 Å². The molecule has 2 rings (SSSR count). The molecule has 0 aliphatic heterocycles. The number of carbonyl (C=O) groups is 2. The number of carbonyl (C=O) groups excluding carboxylic acids is 2. The van der Waals surface area contributed by atoms with Crippen molar-refractivity contribution in [3.8, 4) is 5.75 Å². The van der Waals surface area contributed by atoms with Crippen molar-refractivity contribution in [1.29, 1.82) is 0 Å². The van der Waals surface area contributed by atoms with Crippen molar-refractivity contribution in [2.45, 2.75) is 32.6 Å². The second kappa shape index (κ2) is 8.78. The van der Waals surface area contributed by atoms with Crippen molar-refractivity contribution < 1.29 is 23.5 Å². The Morgan fingerprint density at radius 1 is 1.20 bits per heavy atom. The maximum atomic E-state index is 12.1. The summed E-state index contributed by atoms with van der Waals surface area (Å²) in [5.74, 6) is -0.237. The molecule has 1 aromatic heterocycles. The highest BCUT2D eigenvalue weighted by atomic mass is 35.5. The fourth-order valence-corrected chi connectivity index (χ4v) is 2.32. The molecule has 6 nitrogen and oxygen atoms in total. The zero-order valence-corrected chi connectivity index (χ0v) is 15.1.